The number of aliphatic hydroxyl groups excluding tert-OH is 1. The van der Waals surface area contributed by atoms with Crippen molar-refractivity contribution in [2.75, 3.05) is 19.1 Å². The normalized spacial score (nSPS) is 19.1. The van der Waals surface area contributed by atoms with Crippen molar-refractivity contribution >= 4 is 23.0 Å². The van der Waals surface area contributed by atoms with Crippen molar-refractivity contribution in [3.8, 4) is 11.5 Å². The minimum Gasteiger partial charge on any atom is -0.507 e. The Morgan fingerprint density at radius 3 is 2.39 bits per heavy atom. The number of thiocarbonyl (C=S) groups is 1. The maximum Gasteiger partial charge on any atom is 0.176 e. The Bertz CT molecular complexity index is 1110. The van der Waals surface area contributed by atoms with Crippen LogP contribution in [0.25, 0.3) is 0 Å². The van der Waals surface area contributed by atoms with Crippen LogP contribution in [-0.2, 0) is 0 Å². The van der Waals surface area contributed by atoms with E-state index in [4.69, 9.17) is 17.0 Å². The molecule has 0 bridgehead atoms. The summed E-state index contributed by atoms with van der Waals surface area (Å²) in [7, 11) is 3.50. The van der Waals surface area contributed by atoms with Crippen molar-refractivity contribution in [3.63, 3.8) is 0 Å². The average molecular weight is 467 g/mol. The molecule has 1 heterocycles. The lowest BCUT2D eigenvalue weighted by Crippen LogP contribution is -2.31. The SMILES string of the molecule is COc1ccc([C@@H]2[C@H](CC[C@H](O)c3ccc(F)cc3)N(C)C(=S)N2c2ccccc2)c(O)c1. The number of phenolic OH excluding ortho intramolecular Hbond substituents is 1. The number of methoxy groups -OCH3 is 1. The maximum atomic E-state index is 13.3. The summed E-state index contributed by atoms with van der Waals surface area (Å²) >= 11 is 5.82. The first-order valence-electron chi connectivity index (χ1n) is 10.8. The van der Waals surface area contributed by atoms with Gasteiger partial charge < -0.3 is 24.7 Å². The number of hydrogen-bond acceptors (Lipinski definition) is 4. The van der Waals surface area contributed by atoms with E-state index in [1.165, 1.54) is 12.1 Å². The first kappa shape index (κ1) is 23.0. The second-order valence-electron chi connectivity index (χ2n) is 8.18. The summed E-state index contributed by atoms with van der Waals surface area (Å²) in [4.78, 5) is 4.07. The van der Waals surface area contributed by atoms with Gasteiger partial charge in [-0.1, -0.05) is 30.3 Å². The summed E-state index contributed by atoms with van der Waals surface area (Å²) in [6.07, 6.45) is 0.331. The molecule has 7 heteroatoms. The maximum absolute atomic E-state index is 13.3. The van der Waals surface area contributed by atoms with Gasteiger partial charge in [0.2, 0.25) is 0 Å². The molecule has 33 heavy (non-hydrogen) atoms. The van der Waals surface area contributed by atoms with Crippen LogP contribution in [0.1, 0.15) is 36.1 Å². The number of nitrogens with zero attached hydrogens (tertiary/aromatic N) is 2. The van der Waals surface area contributed by atoms with Crippen molar-refractivity contribution in [1.82, 2.24) is 4.90 Å². The first-order valence-corrected chi connectivity index (χ1v) is 11.2. The number of phenols is 1. The third-order valence-corrected chi connectivity index (χ3v) is 6.71. The van der Waals surface area contributed by atoms with Crippen molar-refractivity contribution in [1.29, 1.82) is 0 Å². The Balaban J connectivity index is 1.67. The van der Waals surface area contributed by atoms with Gasteiger partial charge in [-0.25, -0.2) is 4.39 Å². The van der Waals surface area contributed by atoms with E-state index in [1.807, 2.05) is 59.3 Å². The van der Waals surface area contributed by atoms with Crippen LogP contribution in [0.2, 0.25) is 0 Å². The summed E-state index contributed by atoms with van der Waals surface area (Å²) < 4.78 is 18.5. The summed E-state index contributed by atoms with van der Waals surface area (Å²) in [5, 5.41) is 22.2. The van der Waals surface area contributed by atoms with E-state index in [2.05, 4.69) is 0 Å². The Morgan fingerprint density at radius 1 is 1.06 bits per heavy atom. The van der Waals surface area contributed by atoms with Gasteiger partial charge in [0.15, 0.2) is 5.11 Å². The quantitative estimate of drug-likeness (QED) is 0.467. The molecule has 0 unspecified atom stereocenters. The number of rotatable bonds is 7. The Kier molecular flexibility index (Phi) is 6.81. The van der Waals surface area contributed by atoms with Crippen molar-refractivity contribution in [3.05, 3.63) is 89.7 Å². The van der Waals surface area contributed by atoms with Crippen LogP contribution in [0.15, 0.2) is 72.8 Å². The highest BCUT2D eigenvalue weighted by Gasteiger charge is 2.44. The molecule has 1 aliphatic rings. The largest absolute Gasteiger partial charge is 0.507 e. The second-order valence-corrected chi connectivity index (χ2v) is 8.55. The van der Waals surface area contributed by atoms with Gasteiger partial charge in [0.05, 0.1) is 25.3 Å². The fourth-order valence-electron chi connectivity index (χ4n) is 4.45. The number of benzene rings is 3. The highest BCUT2D eigenvalue weighted by Crippen LogP contribution is 2.44. The van der Waals surface area contributed by atoms with Gasteiger partial charge in [-0.3, -0.25) is 0 Å². The van der Waals surface area contributed by atoms with Gasteiger partial charge in [-0.2, -0.15) is 0 Å². The highest BCUT2D eigenvalue weighted by atomic mass is 32.1. The zero-order valence-electron chi connectivity index (χ0n) is 18.6. The second kappa shape index (κ2) is 9.77. The van der Waals surface area contributed by atoms with Gasteiger partial charge in [-0.05, 0) is 67.0 Å². The fourth-order valence-corrected chi connectivity index (χ4v) is 4.81. The Morgan fingerprint density at radius 2 is 1.76 bits per heavy atom. The average Bonchev–Trinajstić information content (AvgIpc) is 3.08. The summed E-state index contributed by atoms with van der Waals surface area (Å²) in [5.41, 5.74) is 2.33. The lowest BCUT2D eigenvalue weighted by atomic mass is 9.92. The number of aromatic hydroxyl groups is 1. The van der Waals surface area contributed by atoms with Crippen LogP contribution in [0.4, 0.5) is 10.1 Å². The molecular weight excluding hydrogens is 439 g/mol. The number of hydrogen-bond donors (Lipinski definition) is 2. The van der Waals surface area contributed by atoms with Crippen molar-refractivity contribution in [2.24, 2.45) is 0 Å². The van der Waals surface area contributed by atoms with Gasteiger partial charge >= 0.3 is 0 Å². The number of para-hydroxylation sites is 1. The van der Waals surface area contributed by atoms with Crippen LogP contribution in [0, 0.1) is 5.82 Å². The molecule has 0 amide bonds. The third-order valence-electron chi connectivity index (χ3n) is 6.23. The summed E-state index contributed by atoms with van der Waals surface area (Å²) in [5.74, 6) is 0.363. The molecule has 0 spiro atoms. The number of anilines is 1. The van der Waals surface area contributed by atoms with Crippen molar-refractivity contribution < 1.29 is 19.3 Å². The van der Waals surface area contributed by atoms with Crippen LogP contribution < -0.4 is 9.64 Å². The molecule has 3 atom stereocenters. The van der Waals surface area contributed by atoms with E-state index < -0.39 is 6.10 Å². The number of ether oxygens (including phenoxy) is 1. The van der Waals surface area contributed by atoms with E-state index in [0.29, 0.717) is 29.3 Å². The van der Waals surface area contributed by atoms with Gasteiger partial charge in [0, 0.05) is 24.4 Å². The summed E-state index contributed by atoms with van der Waals surface area (Å²) in [6, 6.07) is 20.7. The smallest absolute Gasteiger partial charge is 0.176 e. The Labute approximate surface area is 198 Å². The molecule has 3 aromatic carbocycles. The molecule has 0 saturated carbocycles. The predicted octanol–water partition coefficient (Wildman–Crippen LogP) is 5.20. The number of likely N-dealkylation sites (N-methyl/N-ethyl adjacent to an activating group) is 1. The lowest BCUT2D eigenvalue weighted by molar-refractivity contribution is 0.152. The van der Waals surface area contributed by atoms with Gasteiger partial charge in [0.1, 0.15) is 17.3 Å². The first-order chi connectivity index (χ1) is 15.9. The molecule has 3 aromatic rings. The van der Waals surface area contributed by atoms with Crippen LogP contribution >= 0.6 is 12.2 Å². The lowest BCUT2D eigenvalue weighted by Gasteiger charge is -2.29. The van der Waals surface area contributed by atoms with Crippen molar-refractivity contribution in [2.45, 2.75) is 31.0 Å². The van der Waals surface area contributed by atoms with E-state index in [-0.39, 0.29) is 23.7 Å². The zero-order chi connectivity index (χ0) is 23.5. The fraction of sp³-hybridized carbons (Fsp3) is 0.269. The standard InChI is InChI=1S/C26H27FN2O3S/c1-28-22(14-15-23(30)17-8-10-18(27)11-9-17)25(21-13-12-20(32-2)16-24(21)31)29(26(28)33)19-6-4-3-5-7-19/h3-13,16,22-23,25,30-31H,14-15H2,1-2H3/t22-,23-,25+/m0/s1. The molecule has 1 aliphatic heterocycles. The molecule has 1 fully saturated rings. The van der Waals surface area contributed by atoms with Gasteiger partial charge in [-0.15, -0.1) is 0 Å². The minimum atomic E-state index is -0.733. The zero-order valence-corrected chi connectivity index (χ0v) is 19.4. The molecule has 0 aliphatic carbocycles. The van der Waals surface area contributed by atoms with E-state index in [1.54, 1.807) is 25.3 Å². The molecule has 5 nitrogen and oxygen atoms in total. The number of halogens is 1. The molecule has 4 rings (SSSR count). The topological polar surface area (TPSA) is 56.2 Å². The van der Waals surface area contributed by atoms with Gasteiger partial charge in [0.25, 0.3) is 0 Å². The molecule has 0 radical (unpaired) electrons. The Hall–Kier alpha value is -3.16. The minimum absolute atomic E-state index is 0.105. The van der Waals surface area contributed by atoms with Crippen LogP contribution in [0.3, 0.4) is 0 Å². The summed E-state index contributed by atoms with van der Waals surface area (Å²) in [6.45, 7) is 0. The molecule has 172 valence electrons. The van der Waals surface area contributed by atoms with E-state index in [9.17, 15) is 14.6 Å². The molecular formula is C26H27FN2O3S. The third kappa shape index (κ3) is 4.65. The molecule has 0 aromatic heterocycles. The monoisotopic (exact) mass is 466 g/mol. The highest BCUT2D eigenvalue weighted by molar-refractivity contribution is 7.80. The number of aliphatic hydroxyl groups is 1. The predicted molar refractivity (Wildman–Crippen MR) is 131 cm³/mol. The van der Waals surface area contributed by atoms with E-state index >= 15 is 0 Å². The molecule has 2 N–H and O–H groups in total. The molecule has 1 saturated heterocycles. The van der Waals surface area contributed by atoms with Crippen LogP contribution in [0.5, 0.6) is 11.5 Å². The van der Waals surface area contributed by atoms with E-state index in [0.717, 1.165) is 11.3 Å². The van der Waals surface area contributed by atoms with Crippen LogP contribution in [-0.4, -0.2) is 40.4 Å².